The van der Waals surface area contributed by atoms with Gasteiger partial charge in [0, 0.05) is 30.8 Å². The molecule has 2 aliphatic heterocycles. The van der Waals surface area contributed by atoms with Gasteiger partial charge in [-0.25, -0.2) is 9.67 Å². The van der Waals surface area contributed by atoms with Crippen LogP contribution in [0.15, 0.2) is 60.1 Å². The van der Waals surface area contributed by atoms with E-state index in [1.807, 2.05) is 4.68 Å². The number of alkyl halides is 6. The molecule has 0 unspecified atom stereocenters. The van der Waals surface area contributed by atoms with Crippen LogP contribution in [0.5, 0.6) is 0 Å². The van der Waals surface area contributed by atoms with Crippen LogP contribution in [-0.4, -0.2) is 52.1 Å². The third kappa shape index (κ3) is 6.26. The van der Waals surface area contributed by atoms with E-state index < -0.39 is 35.0 Å². The van der Waals surface area contributed by atoms with Gasteiger partial charge in [-0.05, 0) is 42.7 Å². The van der Waals surface area contributed by atoms with Gasteiger partial charge >= 0.3 is 12.4 Å². The zero-order valence-electron chi connectivity index (χ0n) is 23.1. The maximum atomic E-state index is 13.2. The van der Waals surface area contributed by atoms with E-state index in [-0.39, 0.29) is 37.1 Å². The largest absolute Gasteiger partial charge is 0.416 e. The lowest BCUT2D eigenvalue weighted by molar-refractivity contribution is -0.143. The summed E-state index contributed by atoms with van der Waals surface area (Å²) in [5.41, 5.74) is 4.65. The molecule has 5 rings (SSSR count). The molecule has 15 heteroatoms. The van der Waals surface area contributed by atoms with Crippen molar-refractivity contribution in [1.82, 2.24) is 20.0 Å². The fourth-order valence-corrected chi connectivity index (χ4v) is 5.23. The van der Waals surface area contributed by atoms with Crippen LogP contribution in [-0.2, 0) is 23.7 Å². The average molecular weight is 620 g/mol. The molecular weight excluding hydrogens is 592 g/mol. The second-order valence-electron chi connectivity index (χ2n) is 10.4. The number of carbonyl (C=O) groups is 2. The summed E-state index contributed by atoms with van der Waals surface area (Å²) < 4.78 is 80.9. The molecule has 2 amide bonds. The summed E-state index contributed by atoms with van der Waals surface area (Å²) in [4.78, 5) is 30.8. The molecule has 0 bridgehead atoms. The molecule has 1 atom stereocenters. The van der Waals surface area contributed by atoms with Crippen molar-refractivity contribution in [3.63, 3.8) is 0 Å². The van der Waals surface area contributed by atoms with Crippen molar-refractivity contribution in [2.75, 3.05) is 25.1 Å². The summed E-state index contributed by atoms with van der Waals surface area (Å²) in [5.74, 6) is -0.307. The Hall–Kier alpha value is -4.82. The minimum absolute atomic E-state index is 0.0341. The van der Waals surface area contributed by atoms with Crippen molar-refractivity contribution >= 4 is 23.5 Å². The van der Waals surface area contributed by atoms with E-state index in [9.17, 15) is 35.9 Å². The summed E-state index contributed by atoms with van der Waals surface area (Å²) in [6.07, 6.45) is -7.31. The fraction of sp³-hybridized carbons (Fsp3) is 0.310. The quantitative estimate of drug-likeness (QED) is 0.267. The lowest BCUT2D eigenvalue weighted by Gasteiger charge is -2.33. The number of amides is 2. The molecule has 0 radical (unpaired) electrons. The lowest BCUT2D eigenvalue weighted by atomic mass is 10.0. The minimum Gasteiger partial charge on any atom is -0.383 e. The van der Waals surface area contributed by atoms with Gasteiger partial charge in [0.05, 0.1) is 22.7 Å². The monoisotopic (exact) mass is 619 g/mol. The van der Waals surface area contributed by atoms with E-state index in [0.717, 1.165) is 12.8 Å². The molecular formula is C29H27F6N7O2. The summed E-state index contributed by atoms with van der Waals surface area (Å²) >= 11 is 0. The standard InChI is InChI=1S/C29H27F6N7O2/c1-2-22(43)41-9-3-4-21(14-41)42-26-23(25(36)38-15-39-26)24(40-42)17-7-5-16(6-8-17)13-37-27(44)18-10-19(28(30,31)32)12-20(11-18)29(33,34)35/h2,5-8,10-12,21,39H,1,3-4,9,13-15H2,(H2,36,38)(H,37,44)/t21-/m1/s1. The first-order valence-corrected chi connectivity index (χ1v) is 13.5. The lowest BCUT2D eigenvalue weighted by Crippen LogP contribution is -2.40. The number of piperidine rings is 1. The highest BCUT2D eigenvalue weighted by Gasteiger charge is 2.37. The summed E-state index contributed by atoms with van der Waals surface area (Å²) in [7, 11) is 0. The van der Waals surface area contributed by atoms with Gasteiger partial charge in [0.1, 0.15) is 24.0 Å². The van der Waals surface area contributed by atoms with Crippen molar-refractivity contribution in [3.8, 4) is 11.3 Å². The van der Waals surface area contributed by atoms with E-state index in [1.165, 1.54) is 6.08 Å². The predicted octanol–water partition coefficient (Wildman–Crippen LogP) is 4.96. The second-order valence-corrected chi connectivity index (χ2v) is 10.4. The highest BCUT2D eigenvalue weighted by molar-refractivity contribution is 6.08. The van der Waals surface area contributed by atoms with Crippen molar-refractivity contribution in [2.24, 2.45) is 10.7 Å². The van der Waals surface area contributed by atoms with E-state index in [4.69, 9.17) is 10.8 Å². The van der Waals surface area contributed by atoms with Crippen LogP contribution in [0.3, 0.4) is 0 Å². The Labute approximate surface area is 247 Å². The topological polar surface area (TPSA) is 118 Å². The number of benzene rings is 2. The molecule has 9 nitrogen and oxygen atoms in total. The Morgan fingerprint density at radius 2 is 1.73 bits per heavy atom. The second kappa shape index (κ2) is 11.7. The predicted molar refractivity (Wildman–Crippen MR) is 150 cm³/mol. The first-order chi connectivity index (χ1) is 20.8. The van der Waals surface area contributed by atoms with E-state index in [2.05, 4.69) is 22.2 Å². The third-order valence-corrected chi connectivity index (χ3v) is 7.42. The molecule has 1 aromatic heterocycles. The number of amidine groups is 1. The molecule has 1 saturated heterocycles. The van der Waals surface area contributed by atoms with Crippen LogP contribution < -0.4 is 16.4 Å². The zero-order chi connectivity index (χ0) is 31.8. The SMILES string of the molecule is C=CC(=O)N1CCC[C@@H](n2nc(-c3ccc(CNC(=O)c4cc(C(F)(F)F)cc(C(F)(F)F)c4)cc3)c3c2NCN=C3N)C1. The number of aliphatic imine (C=N–C) groups is 1. The van der Waals surface area contributed by atoms with Crippen LogP contribution in [0.4, 0.5) is 32.2 Å². The molecule has 0 saturated carbocycles. The molecule has 3 heterocycles. The number of nitrogens with one attached hydrogen (secondary N) is 2. The van der Waals surface area contributed by atoms with Crippen molar-refractivity contribution in [1.29, 1.82) is 0 Å². The highest BCUT2D eigenvalue weighted by Crippen LogP contribution is 2.37. The molecule has 1 fully saturated rings. The number of likely N-dealkylation sites (tertiary alicyclic amines) is 1. The number of fused-ring (bicyclic) bond motifs is 1. The average Bonchev–Trinajstić information content (AvgIpc) is 3.39. The molecule has 3 aromatic rings. The van der Waals surface area contributed by atoms with Crippen molar-refractivity contribution in [3.05, 3.63) is 82.9 Å². The maximum Gasteiger partial charge on any atom is 0.416 e. The van der Waals surface area contributed by atoms with Gasteiger partial charge < -0.3 is 21.3 Å². The summed E-state index contributed by atoms with van der Waals surface area (Å²) in [6, 6.07) is 7.29. The highest BCUT2D eigenvalue weighted by atomic mass is 19.4. The molecule has 0 spiro atoms. The molecule has 2 aliphatic rings. The molecule has 2 aromatic carbocycles. The Kier molecular flexibility index (Phi) is 8.14. The van der Waals surface area contributed by atoms with Gasteiger partial charge in [-0.15, -0.1) is 0 Å². The normalized spacial score (nSPS) is 16.9. The Morgan fingerprint density at radius 3 is 2.34 bits per heavy atom. The number of halogens is 6. The number of hydrogen-bond donors (Lipinski definition) is 3. The van der Waals surface area contributed by atoms with Gasteiger partial charge in [-0.1, -0.05) is 30.8 Å². The summed E-state index contributed by atoms with van der Waals surface area (Å²) in [6.45, 7) is 4.70. The molecule has 4 N–H and O–H groups in total. The van der Waals surface area contributed by atoms with Crippen LogP contribution in [0, 0.1) is 0 Å². The first-order valence-electron chi connectivity index (χ1n) is 13.5. The van der Waals surface area contributed by atoms with Crippen LogP contribution in [0.25, 0.3) is 11.3 Å². The molecule has 232 valence electrons. The van der Waals surface area contributed by atoms with Crippen molar-refractivity contribution < 1.29 is 35.9 Å². The van der Waals surface area contributed by atoms with Gasteiger partial charge in [0.15, 0.2) is 0 Å². The number of anilines is 1. The zero-order valence-corrected chi connectivity index (χ0v) is 23.1. The molecule has 44 heavy (non-hydrogen) atoms. The number of nitrogens with zero attached hydrogens (tertiary/aromatic N) is 4. The van der Waals surface area contributed by atoms with Crippen LogP contribution in [0.2, 0.25) is 0 Å². The smallest absolute Gasteiger partial charge is 0.383 e. The molecule has 0 aliphatic carbocycles. The third-order valence-electron chi connectivity index (χ3n) is 7.42. The number of rotatable bonds is 6. The Balaban J connectivity index is 1.36. The number of aromatic nitrogens is 2. The fourth-order valence-electron chi connectivity index (χ4n) is 5.23. The van der Waals surface area contributed by atoms with Crippen LogP contribution >= 0.6 is 0 Å². The minimum atomic E-state index is -5.07. The Morgan fingerprint density at radius 1 is 1.07 bits per heavy atom. The van der Waals surface area contributed by atoms with E-state index in [1.54, 1.807) is 29.2 Å². The number of hydrogen-bond acceptors (Lipinski definition) is 6. The van der Waals surface area contributed by atoms with Gasteiger partial charge in [0.2, 0.25) is 5.91 Å². The van der Waals surface area contributed by atoms with Gasteiger partial charge in [-0.2, -0.15) is 31.4 Å². The van der Waals surface area contributed by atoms with Crippen LogP contribution in [0.1, 0.15) is 51.5 Å². The van der Waals surface area contributed by atoms with E-state index >= 15 is 0 Å². The number of carbonyl (C=O) groups excluding carboxylic acids is 2. The Bertz CT molecular complexity index is 1590. The van der Waals surface area contributed by atoms with Gasteiger partial charge in [-0.3, -0.25) is 9.59 Å². The maximum absolute atomic E-state index is 13.2. The summed E-state index contributed by atoms with van der Waals surface area (Å²) in [5, 5.41) is 10.4. The van der Waals surface area contributed by atoms with E-state index in [0.29, 0.717) is 53.4 Å². The number of nitrogens with two attached hydrogens (primary N) is 1. The van der Waals surface area contributed by atoms with Crippen molar-refractivity contribution in [2.45, 2.75) is 37.8 Å². The van der Waals surface area contributed by atoms with Gasteiger partial charge in [0.25, 0.3) is 5.91 Å². The first kappa shape index (κ1) is 30.6.